The second-order valence-corrected chi connectivity index (χ2v) is 4.92. The molecular formula is C13H10N2OS. The monoisotopic (exact) mass is 242 g/mol. The second kappa shape index (κ2) is 3.82. The molecule has 0 saturated heterocycles. The number of aldehydes is 1. The van der Waals surface area contributed by atoms with Crippen molar-refractivity contribution in [2.45, 2.75) is 6.92 Å². The number of aryl methyl sites for hydroxylation is 1. The van der Waals surface area contributed by atoms with E-state index >= 15 is 0 Å². The number of aromatic nitrogens is 2. The molecule has 0 radical (unpaired) electrons. The van der Waals surface area contributed by atoms with Crippen LogP contribution in [0.1, 0.15) is 15.2 Å². The summed E-state index contributed by atoms with van der Waals surface area (Å²) in [6.45, 7) is 2.07. The summed E-state index contributed by atoms with van der Waals surface area (Å²) in [5.74, 6) is 0. The highest BCUT2D eigenvalue weighted by atomic mass is 32.1. The Bertz CT molecular complexity index is 696. The number of thiophene rings is 1. The van der Waals surface area contributed by atoms with Crippen molar-refractivity contribution < 1.29 is 4.79 Å². The minimum absolute atomic E-state index is 0.754. The fourth-order valence-corrected chi connectivity index (χ4v) is 2.68. The van der Waals surface area contributed by atoms with E-state index < -0.39 is 0 Å². The van der Waals surface area contributed by atoms with Gasteiger partial charge in [0.25, 0.3) is 0 Å². The predicted molar refractivity (Wildman–Crippen MR) is 69.5 cm³/mol. The number of nitrogens with one attached hydrogen (secondary N) is 1. The quantitative estimate of drug-likeness (QED) is 0.700. The highest BCUT2D eigenvalue weighted by Crippen LogP contribution is 2.30. The number of hydrogen-bond donors (Lipinski definition) is 1. The van der Waals surface area contributed by atoms with Gasteiger partial charge in [0.15, 0.2) is 6.29 Å². The molecule has 0 bridgehead atoms. The summed E-state index contributed by atoms with van der Waals surface area (Å²) in [5.41, 5.74) is 4.44. The van der Waals surface area contributed by atoms with E-state index in [0.29, 0.717) is 0 Å². The molecule has 0 aliphatic rings. The summed E-state index contributed by atoms with van der Waals surface area (Å²) >= 11 is 1.47. The van der Waals surface area contributed by atoms with Crippen LogP contribution < -0.4 is 0 Å². The van der Waals surface area contributed by atoms with Crippen LogP contribution in [0.5, 0.6) is 0 Å². The van der Waals surface area contributed by atoms with Crippen LogP contribution in [-0.2, 0) is 0 Å². The van der Waals surface area contributed by atoms with Gasteiger partial charge in [-0.2, -0.15) is 5.10 Å². The third-order valence-electron chi connectivity index (χ3n) is 2.83. The number of benzene rings is 1. The largest absolute Gasteiger partial charge is 0.297 e. The second-order valence-electron chi connectivity index (χ2n) is 3.98. The van der Waals surface area contributed by atoms with Gasteiger partial charge in [-0.25, -0.2) is 0 Å². The normalized spacial score (nSPS) is 10.9. The van der Waals surface area contributed by atoms with Crippen molar-refractivity contribution in [1.82, 2.24) is 10.2 Å². The third-order valence-corrected chi connectivity index (χ3v) is 3.69. The predicted octanol–water partition coefficient (Wildman–Crippen LogP) is 3.41. The molecular weight excluding hydrogens is 232 g/mol. The molecule has 0 spiro atoms. The minimum atomic E-state index is 0.754. The molecule has 1 N–H and O–H groups in total. The smallest absolute Gasteiger partial charge is 0.160 e. The van der Waals surface area contributed by atoms with Gasteiger partial charge in [0, 0.05) is 5.39 Å². The Balaban J connectivity index is 2.21. The number of hydrogen-bond acceptors (Lipinski definition) is 3. The van der Waals surface area contributed by atoms with E-state index in [1.165, 1.54) is 16.9 Å². The molecule has 4 heteroatoms. The van der Waals surface area contributed by atoms with Crippen molar-refractivity contribution in [1.29, 1.82) is 0 Å². The van der Waals surface area contributed by atoms with E-state index in [9.17, 15) is 4.79 Å². The summed E-state index contributed by atoms with van der Waals surface area (Å²) < 4.78 is 0. The standard InChI is InChI=1S/C13H10N2OS/c1-8-2-9-5-14-15-13(9)4-12(8)10-3-11(6-16)17-7-10/h2-7H,1H3,(H,14,15). The van der Waals surface area contributed by atoms with Crippen LogP contribution in [0, 0.1) is 6.92 Å². The van der Waals surface area contributed by atoms with Crippen LogP contribution in [0.25, 0.3) is 22.0 Å². The van der Waals surface area contributed by atoms with Crippen molar-refractivity contribution in [3.8, 4) is 11.1 Å². The highest BCUT2D eigenvalue weighted by molar-refractivity contribution is 7.12. The van der Waals surface area contributed by atoms with Crippen molar-refractivity contribution in [3.63, 3.8) is 0 Å². The van der Waals surface area contributed by atoms with E-state index in [1.54, 1.807) is 0 Å². The lowest BCUT2D eigenvalue weighted by Gasteiger charge is -2.03. The van der Waals surface area contributed by atoms with Crippen LogP contribution in [0.2, 0.25) is 0 Å². The summed E-state index contributed by atoms with van der Waals surface area (Å²) in [4.78, 5) is 11.5. The maximum Gasteiger partial charge on any atom is 0.160 e. The molecule has 0 atom stereocenters. The fraction of sp³-hybridized carbons (Fsp3) is 0.0769. The summed E-state index contributed by atoms with van der Waals surface area (Å²) in [6.07, 6.45) is 2.70. The Morgan fingerprint density at radius 1 is 1.35 bits per heavy atom. The SMILES string of the molecule is Cc1cc2cn[nH]c2cc1-c1csc(C=O)c1. The lowest BCUT2D eigenvalue weighted by atomic mass is 10.0. The topological polar surface area (TPSA) is 45.8 Å². The summed E-state index contributed by atoms with van der Waals surface area (Å²) in [7, 11) is 0. The summed E-state index contributed by atoms with van der Waals surface area (Å²) in [6, 6.07) is 6.10. The van der Waals surface area contributed by atoms with Crippen molar-refractivity contribution in [2.24, 2.45) is 0 Å². The molecule has 0 saturated carbocycles. The first-order valence-corrected chi connectivity index (χ1v) is 6.14. The maximum atomic E-state index is 10.7. The molecule has 3 rings (SSSR count). The molecule has 17 heavy (non-hydrogen) atoms. The number of rotatable bonds is 2. The van der Waals surface area contributed by atoms with Gasteiger partial charge < -0.3 is 0 Å². The van der Waals surface area contributed by atoms with E-state index in [-0.39, 0.29) is 0 Å². The molecule has 2 heterocycles. The zero-order valence-corrected chi connectivity index (χ0v) is 10.0. The van der Waals surface area contributed by atoms with Gasteiger partial charge in [-0.15, -0.1) is 11.3 Å². The molecule has 0 unspecified atom stereocenters. The Morgan fingerprint density at radius 2 is 2.24 bits per heavy atom. The number of nitrogens with zero attached hydrogens (tertiary/aromatic N) is 1. The Hall–Kier alpha value is -1.94. The Morgan fingerprint density at radius 3 is 3.00 bits per heavy atom. The van der Waals surface area contributed by atoms with Crippen LogP contribution in [0.15, 0.2) is 29.8 Å². The van der Waals surface area contributed by atoms with E-state index in [1.807, 2.05) is 17.6 Å². The van der Waals surface area contributed by atoms with E-state index in [2.05, 4.69) is 29.3 Å². The highest BCUT2D eigenvalue weighted by Gasteiger charge is 2.07. The lowest BCUT2D eigenvalue weighted by molar-refractivity contribution is 0.112. The molecule has 1 aromatic carbocycles. The van der Waals surface area contributed by atoms with Gasteiger partial charge in [-0.3, -0.25) is 9.89 Å². The third kappa shape index (κ3) is 1.66. The molecule has 3 nitrogen and oxygen atoms in total. The zero-order chi connectivity index (χ0) is 11.8. The minimum Gasteiger partial charge on any atom is -0.297 e. The van der Waals surface area contributed by atoms with Crippen LogP contribution >= 0.6 is 11.3 Å². The molecule has 0 aliphatic heterocycles. The van der Waals surface area contributed by atoms with Gasteiger partial charge in [0.05, 0.1) is 16.6 Å². The van der Waals surface area contributed by atoms with Gasteiger partial charge in [-0.1, -0.05) is 0 Å². The number of aromatic amines is 1. The first-order valence-electron chi connectivity index (χ1n) is 5.26. The lowest BCUT2D eigenvalue weighted by Crippen LogP contribution is -1.81. The Kier molecular flexibility index (Phi) is 2.30. The van der Waals surface area contributed by atoms with E-state index in [4.69, 9.17) is 0 Å². The molecule has 84 valence electrons. The first-order chi connectivity index (χ1) is 8.28. The van der Waals surface area contributed by atoms with Crippen LogP contribution in [0.3, 0.4) is 0 Å². The molecule has 2 aromatic heterocycles. The van der Waals surface area contributed by atoms with Gasteiger partial charge in [0.2, 0.25) is 0 Å². The number of carbonyl (C=O) groups excluding carboxylic acids is 1. The van der Waals surface area contributed by atoms with Gasteiger partial charge >= 0.3 is 0 Å². The molecule has 0 fully saturated rings. The molecule has 3 aromatic rings. The fourth-order valence-electron chi connectivity index (χ4n) is 1.97. The average Bonchev–Trinajstić information content (AvgIpc) is 2.94. The first kappa shape index (κ1) is 10.2. The Labute approximate surface area is 102 Å². The van der Waals surface area contributed by atoms with Crippen molar-refractivity contribution in [2.75, 3.05) is 0 Å². The number of fused-ring (bicyclic) bond motifs is 1. The van der Waals surface area contributed by atoms with Gasteiger partial charge in [0.1, 0.15) is 0 Å². The van der Waals surface area contributed by atoms with Crippen molar-refractivity contribution >= 4 is 28.5 Å². The average molecular weight is 242 g/mol. The number of H-pyrrole nitrogens is 1. The molecule has 0 aliphatic carbocycles. The maximum absolute atomic E-state index is 10.7. The van der Waals surface area contributed by atoms with Crippen molar-refractivity contribution in [3.05, 3.63) is 40.2 Å². The van der Waals surface area contributed by atoms with Gasteiger partial charge in [-0.05, 0) is 47.2 Å². The summed E-state index contributed by atoms with van der Waals surface area (Å²) in [5, 5.41) is 10.1. The van der Waals surface area contributed by atoms with E-state index in [0.717, 1.165) is 33.2 Å². The van der Waals surface area contributed by atoms with Crippen LogP contribution in [-0.4, -0.2) is 16.5 Å². The zero-order valence-electron chi connectivity index (χ0n) is 9.23. The molecule has 0 amide bonds. The number of carbonyl (C=O) groups is 1. The van der Waals surface area contributed by atoms with Crippen LogP contribution in [0.4, 0.5) is 0 Å².